The standard InChI is InChI=1S/C27H42N8O9/c1-3-14(2)22(35-23(40)17(28)10-15-6-7-20(38)16(9-15)12-36)25(42)32-11-21(39)33-19(13-37)24(41)34-18(26(43)44)5-4-8-31-27(29)30/h6-7,9,12,14,17-19,22,37-38H,3-5,8,10-11,13,28H2,1-2H3,(H,32,42)(H,33,39)(H,34,41)(H,35,40)(H,43,44)(H4,29,30,31)/t14-,17-,18-,19-,22-/m0/s1. The summed E-state index contributed by atoms with van der Waals surface area (Å²) in [5, 5.41) is 47.6. The van der Waals surface area contributed by atoms with Crippen LogP contribution in [0.25, 0.3) is 0 Å². The van der Waals surface area contributed by atoms with Crippen molar-refractivity contribution in [3.63, 3.8) is 0 Å². The quantitative estimate of drug-likeness (QED) is 0.0319. The number of benzene rings is 1. The van der Waals surface area contributed by atoms with Crippen LogP contribution >= 0.6 is 0 Å². The molecule has 0 saturated heterocycles. The van der Waals surface area contributed by atoms with Crippen molar-refractivity contribution in [1.29, 1.82) is 5.41 Å². The summed E-state index contributed by atoms with van der Waals surface area (Å²) >= 11 is 0. The third-order valence-electron chi connectivity index (χ3n) is 6.66. The summed E-state index contributed by atoms with van der Waals surface area (Å²) in [4.78, 5) is 73.3. The van der Waals surface area contributed by atoms with E-state index in [0.29, 0.717) is 18.3 Å². The number of carboxylic acids is 1. The Labute approximate surface area is 254 Å². The van der Waals surface area contributed by atoms with Crippen molar-refractivity contribution >= 4 is 41.8 Å². The van der Waals surface area contributed by atoms with Crippen molar-refractivity contribution in [3.05, 3.63) is 29.3 Å². The van der Waals surface area contributed by atoms with E-state index in [4.69, 9.17) is 16.9 Å². The molecular weight excluding hydrogens is 580 g/mol. The molecule has 244 valence electrons. The molecule has 13 N–H and O–H groups in total. The van der Waals surface area contributed by atoms with Crippen molar-refractivity contribution in [3.8, 4) is 5.75 Å². The maximum atomic E-state index is 12.9. The molecule has 4 amide bonds. The monoisotopic (exact) mass is 622 g/mol. The Kier molecular flexibility index (Phi) is 15.8. The molecule has 17 nitrogen and oxygen atoms in total. The van der Waals surface area contributed by atoms with Gasteiger partial charge in [0, 0.05) is 6.54 Å². The van der Waals surface area contributed by atoms with Gasteiger partial charge in [0.1, 0.15) is 23.9 Å². The average Bonchev–Trinajstić information content (AvgIpc) is 2.98. The second kappa shape index (κ2) is 18.7. The molecule has 0 saturated carbocycles. The maximum absolute atomic E-state index is 12.9. The highest BCUT2D eigenvalue weighted by Crippen LogP contribution is 2.17. The molecule has 17 heteroatoms. The number of phenolic OH excluding ortho intramolecular Hbond substituents is 1. The van der Waals surface area contributed by atoms with Gasteiger partial charge in [-0.3, -0.25) is 29.4 Å². The van der Waals surface area contributed by atoms with Crippen molar-refractivity contribution in [2.24, 2.45) is 17.4 Å². The minimum absolute atomic E-state index is 0.00680. The van der Waals surface area contributed by atoms with Gasteiger partial charge in [0.25, 0.3) is 0 Å². The molecule has 44 heavy (non-hydrogen) atoms. The van der Waals surface area contributed by atoms with E-state index < -0.39 is 66.9 Å². The molecule has 0 unspecified atom stereocenters. The molecular formula is C27H42N8O9. The highest BCUT2D eigenvalue weighted by Gasteiger charge is 2.29. The van der Waals surface area contributed by atoms with Crippen LogP contribution in [0.2, 0.25) is 0 Å². The minimum Gasteiger partial charge on any atom is -0.507 e. The summed E-state index contributed by atoms with van der Waals surface area (Å²) in [5.74, 6) is -5.44. The number of aromatic hydroxyl groups is 1. The number of aliphatic carboxylic acids is 1. The van der Waals surface area contributed by atoms with Gasteiger partial charge in [-0.2, -0.15) is 0 Å². The Hall–Kier alpha value is -4.77. The van der Waals surface area contributed by atoms with E-state index >= 15 is 0 Å². The van der Waals surface area contributed by atoms with E-state index in [2.05, 4.69) is 26.6 Å². The molecule has 1 aromatic carbocycles. The number of amides is 4. The summed E-state index contributed by atoms with van der Waals surface area (Å²) in [6.07, 6.45) is 1.17. The number of nitrogens with two attached hydrogens (primary N) is 2. The van der Waals surface area contributed by atoms with Crippen molar-refractivity contribution in [2.75, 3.05) is 19.7 Å². The number of rotatable bonds is 19. The first-order chi connectivity index (χ1) is 20.7. The number of aliphatic hydroxyl groups excluding tert-OH is 1. The van der Waals surface area contributed by atoms with E-state index in [0.717, 1.165) is 0 Å². The second-order valence-corrected chi connectivity index (χ2v) is 10.1. The highest BCUT2D eigenvalue weighted by molar-refractivity contribution is 5.94. The van der Waals surface area contributed by atoms with Crippen LogP contribution in [-0.2, 0) is 30.4 Å². The maximum Gasteiger partial charge on any atom is 0.326 e. The summed E-state index contributed by atoms with van der Waals surface area (Å²) in [6.45, 7) is 2.20. The molecule has 0 aliphatic heterocycles. The second-order valence-electron chi connectivity index (χ2n) is 10.1. The van der Waals surface area contributed by atoms with E-state index in [1.807, 2.05) is 0 Å². The molecule has 1 aromatic rings. The van der Waals surface area contributed by atoms with E-state index in [-0.39, 0.29) is 49.0 Å². The number of carboxylic acid groups (broad SMARTS) is 1. The molecule has 0 radical (unpaired) electrons. The normalized spacial score (nSPS) is 14.1. The fourth-order valence-corrected chi connectivity index (χ4v) is 3.91. The number of carbonyl (C=O) groups is 6. The molecule has 5 atom stereocenters. The zero-order valence-electron chi connectivity index (χ0n) is 24.6. The number of hydrogen-bond donors (Lipinski definition) is 11. The minimum atomic E-state index is -1.51. The summed E-state index contributed by atoms with van der Waals surface area (Å²) in [6, 6.07) is -0.844. The number of aliphatic hydroxyl groups is 1. The number of nitrogens with one attached hydrogen (secondary N) is 6. The number of guanidine groups is 1. The van der Waals surface area contributed by atoms with Crippen LogP contribution in [0.4, 0.5) is 0 Å². The Morgan fingerprint density at radius 1 is 1.02 bits per heavy atom. The van der Waals surface area contributed by atoms with Gasteiger partial charge in [-0.05, 0) is 42.9 Å². The van der Waals surface area contributed by atoms with Gasteiger partial charge in [0.05, 0.1) is 24.8 Å². The Morgan fingerprint density at radius 3 is 2.27 bits per heavy atom. The van der Waals surface area contributed by atoms with Crippen LogP contribution in [0.5, 0.6) is 5.75 Å². The molecule has 0 fully saturated rings. The van der Waals surface area contributed by atoms with E-state index in [9.17, 15) is 44.1 Å². The van der Waals surface area contributed by atoms with E-state index in [1.165, 1.54) is 18.2 Å². The molecule has 0 aromatic heterocycles. The lowest BCUT2D eigenvalue weighted by Crippen LogP contribution is -2.57. The van der Waals surface area contributed by atoms with Gasteiger partial charge in [-0.1, -0.05) is 26.3 Å². The summed E-state index contributed by atoms with van der Waals surface area (Å²) < 4.78 is 0. The van der Waals surface area contributed by atoms with Gasteiger partial charge in [0.15, 0.2) is 12.2 Å². The van der Waals surface area contributed by atoms with Gasteiger partial charge >= 0.3 is 5.97 Å². The number of aldehydes is 1. The van der Waals surface area contributed by atoms with Crippen LogP contribution < -0.4 is 38.1 Å². The lowest BCUT2D eigenvalue weighted by molar-refractivity contribution is -0.142. The van der Waals surface area contributed by atoms with Crippen molar-refractivity contribution in [1.82, 2.24) is 26.6 Å². The average molecular weight is 623 g/mol. The van der Waals surface area contributed by atoms with Crippen LogP contribution in [0.15, 0.2) is 18.2 Å². The first-order valence-corrected chi connectivity index (χ1v) is 13.9. The summed E-state index contributed by atoms with van der Waals surface area (Å²) in [5.41, 5.74) is 11.7. The van der Waals surface area contributed by atoms with Crippen LogP contribution in [0.1, 0.15) is 49.0 Å². The van der Waals surface area contributed by atoms with Gasteiger partial charge in [-0.15, -0.1) is 0 Å². The molecule has 0 bridgehead atoms. The third kappa shape index (κ3) is 12.6. The highest BCUT2D eigenvalue weighted by atomic mass is 16.4. The zero-order chi connectivity index (χ0) is 33.4. The van der Waals surface area contributed by atoms with Gasteiger partial charge in [-0.25, -0.2) is 4.79 Å². The molecule has 0 aliphatic rings. The van der Waals surface area contributed by atoms with Crippen LogP contribution in [-0.4, -0.2) is 101 Å². The number of hydrogen-bond acceptors (Lipinski definition) is 10. The number of carbonyl (C=O) groups excluding carboxylic acids is 5. The van der Waals surface area contributed by atoms with Crippen molar-refractivity contribution in [2.45, 2.75) is 63.7 Å². The first-order valence-electron chi connectivity index (χ1n) is 13.9. The predicted octanol–water partition coefficient (Wildman–Crippen LogP) is -2.97. The van der Waals surface area contributed by atoms with Crippen LogP contribution in [0, 0.1) is 11.3 Å². The fraction of sp³-hybridized carbons (Fsp3) is 0.519. The smallest absolute Gasteiger partial charge is 0.326 e. The van der Waals surface area contributed by atoms with Crippen molar-refractivity contribution < 1.29 is 44.1 Å². The Morgan fingerprint density at radius 2 is 1.70 bits per heavy atom. The largest absolute Gasteiger partial charge is 0.507 e. The lowest BCUT2D eigenvalue weighted by Gasteiger charge is -2.25. The zero-order valence-corrected chi connectivity index (χ0v) is 24.6. The molecule has 1 rings (SSSR count). The van der Waals surface area contributed by atoms with E-state index in [1.54, 1.807) is 13.8 Å². The molecule has 0 heterocycles. The van der Waals surface area contributed by atoms with Gasteiger partial charge in [0.2, 0.25) is 23.6 Å². The predicted molar refractivity (Wildman–Crippen MR) is 157 cm³/mol. The fourth-order valence-electron chi connectivity index (χ4n) is 3.91. The Bertz CT molecular complexity index is 1200. The molecule has 0 spiro atoms. The van der Waals surface area contributed by atoms with Gasteiger partial charge < -0.3 is 53.4 Å². The SMILES string of the molecule is CC[C@H](C)[C@H](NC(=O)[C@@H](N)Cc1ccc(O)c(C=O)c1)C(=O)NCC(=O)N[C@@H](CO)C(=O)N[C@@H](CCCNC(=N)N)C(=O)O. The first kappa shape index (κ1) is 37.3. The lowest BCUT2D eigenvalue weighted by atomic mass is 9.97. The summed E-state index contributed by atoms with van der Waals surface area (Å²) in [7, 11) is 0. The topological polar surface area (TPSA) is 299 Å². The third-order valence-corrected chi connectivity index (χ3v) is 6.66. The number of phenols is 1. The molecule has 0 aliphatic carbocycles. The Balaban J connectivity index is 2.74. The van der Waals surface area contributed by atoms with Crippen LogP contribution in [0.3, 0.4) is 0 Å².